The van der Waals surface area contributed by atoms with Gasteiger partial charge in [0.05, 0.1) is 5.39 Å². The van der Waals surface area contributed by atoms with Gasteiger partial charge in [-0.05, 0) is 37.6 Å². The Morgan fingerprint density at radius 3 is 2.58 bits per heavy atom. The Hall–Kier alpha value is -2.96. The lowest BCUT2D eigenvalue weighted by molar-refractivity contribution is 0.844. The van der Waals surface area contributed by atoms with E-state index in [9.17, 15) is 0 Å². The number of nitrogen functional groups attached to an aromatic ring is 1. The van der Waals surface area contributed by atoms with Crippen LogP contribution in [0.1, 0.15) is 19.4 Å². The molecule has 0 spiro atoms. The van der Waals surface area contributed by atoms with Crippen molar-refractivity contribution in [1.29, 1.82) is 0 Å². The Morgan fingerprint density at radius 2 is 1.88 bits per heavy atom. The average Bonchev–Trinajstić information content (AvgIpc) is 2.61. The van der Waals surface area contributed by atoms with Crippen LogP contribution in [0.3, 0.4) is 0 Å². The Bertz CT molecular complexity index is 813. The van der Waals surface area contributed by atoms with E-state index in [1.807, 2.05) is 18.3 Å². The van der Waals surface area contributed by atoms with Crippen molar-refractivity contribution in [2.45, 2.75) is 20.4 Å². The number of pyridine rings is 2. The van der Waals surface area contributed by atoms with Crippen LogP contribution >= 0.6 is 0 Å². The minimum absolute atomic E-state index is 0.448. The predicted octanol–water partition coefficient (Wildman–Crippen LogP) is 2.46. The van der Waals surface area contributed by atoms with E-state index in [4.69, 9.17) is 5.73 Å². The first-order chi connectivity index (χ1) is 11.7. The molecule has 0 bridgehead atoms. The van der Waals surface area contributed by atoms with Crippen LogP contribution in [0.15, 0.2) is 36.8 Å². The van der Waals surface area contributed by atoms with E-state index in [0.717, 1.165) is 35.7 Å². The SMILES string of the molecule is CCN(CC)c1ccc(CNc2ncnc3nc(N)ccc23)cn1. The van der Waals surface area contributed by atoms with Gasteiger partial charge in [0, 0.05) is 25.8 Å². The number of nitrogens with zero attached hydrogens (tertiary/aromatic N) is 5. The third kappa shape index (κ3) is 3.34. The second-order valence-corrected chi connectivity index (χ2v) is 5.38. The molecular weight excluding hydrogens is 302 g/mol. The molecule has 24 heavy (non-hydrogen) atoms. The highest BCUT2D eigenvalue weighted by Crippen LogP contribution is 2.19. The van der Waals surface area contributed by atoms with Crippen LogP contribution in [-0.2, 0) is 6.54 Å². The first kappa shape index (κ1) is 15.9. The van der Waals surface area contributed by atoms with Crippen LogP contribution < -0.4 is 16.0 Å². The molecule has 0 unspecified atom stereocenters. The lowest BCUT2D eigenvalue weighted by Crippen LogP contribution is -2.22. The molecule has 0 saturated heterocycles. The van der Waals surface area contributed by atoms with Crippen molar-refractivity contribution in [1.82, 2.24) is 19.9 Å². The molecule has 0 aliphatic rings. The quantitative estimate of drug-likeness (QED) is 0.719. The zero-order chi connectivity index (χ0) is 16.9. The minimum atomic E-state index is 0.448. The van der Waals surface area contributed by atoms with Crippen molar-refractivity contribution in [2.75, 3.05) is 29.0 Å². The Labute approximate surface area is 141 Å². The molecule has 0 fully saturated rings. The van der Waals surface area contributed by atoms with Crippen LogP contribution in [0.25, 0.3) is 11.0 Å². The summed E-state index contributed by atoms with van der Waals surface area (Å²) >= 11 is 0. The summed E-state index contributed by atoms with van der Waals surface area (Å²) in [5.41, 5.74) is 7.37. The third-order valence-electron chi connectivity index (χ3n) is 3.88. The van der Waals surface area contributed by atoms with Crippen molar-refractivity contribution in [2.24, 2.45) is 0 Å². The van der Waals surface area contributed by atoms with Gasteiger partial charge in [0.1, 0.15) is 23.8 Å². The number of fused-ring (bicyclic) bond motifs is 1. The Balaban J connectivity index is 1.74. The maximum Gasteiger partial charge on any atom is 0.166 e. The topological polar surface area (TPSA) is 92.8 Å². The van der Waals surface area contributed by atoms with Crippen molar-refractivity contribution in [3.63, 3.8) is 0 Å². The second-order valence-electron chi connectivity index (χ2n) is 5.38. The molecule has 124 valence electrons. The van der Waals surface area contributed by atoms with Crippen LogP contribution in [0, 0.1) is 0 Å². The highest BCUT2D eigenvalue weighted by molar-refractivity contribution is 5.87. The lowest BCUT2D eigenvalue weighted by atomic mass is 10.2. The monoisotopic (exact) mass is 323 g/mol. The number of aromatic nitrogens is 4. The smallest absolute Gasteiger partial charge is 0.166 e. The first-order valence-electron chi connectivity index (χ1n) is 8.02. The standard InChI is InChI=1S/C17H21N7/c1-3-24(4-2)15-8-5-12(9-19-15)10-20-16-13-6-7-14(18)23-17(13)22-11-21-16/h5-9,11H,3-4,10H2,1-2H3,(H3,18,20,21,22,23). The first-order valence-corrected chi connectivity index (χ1v) is 8.02. The number of nitrogens with two attached hydrogens (primary N) is 1. The summed E-state index contributed by atoms with van der Waals surface area (Å²) in [7, 11) is 0. The summed E-state index contributed by atoms with van der Waals surface area (Å²) in [4.78, 5) is 19.4. The molecular formula is C17H21N7. The van der Waals surface area contributed by atoms with Crippen molar-refractivity contribution < 1.29 is 0 Å². The predicted molar refractivity (Wildman–Crippen MR) is 96.9 cm³/mol. The zero-order valence-corrected chi connectivity index (χ0v) is 13.9. The molecule has 3 heterocycles. The average molecular weight is 323 g/mol. The zero-order valence-electron chi connectivity index (χ0n) is 13.9. The van der Waals surface area contributed by atoms with Crippen molar-refractivity contribution in [3.05, 3.63) is 42.4 Å². The minimum Gasteiger partial charge on any atom is -0.384 e. The molecule has 0 aliphatic carbocycles. The summed E-state index contributed by atoms with van der Waals surface area (Å²) < 4.78 is 0. The molecule has 3 aromatic rings. The fourth-order valence-corrected chi connectivity index (χ4v) is 2.54. The largest absolute Gasteiger partial charge is 0.384 e. The maximum atomic E-state index is 5.70. The molecule has 0 aliphatic heterocycles. The number of hydrogen-bond acceptors (Lipinski definition) is 7. The summed E-state index contributed by atoms with van der Waals surface area (Å²) in [5.74, 6) is 2.18. The molecule has 7 nitrogen and oxygen atoms in total. The van der Waals surface area contributed by atoms with Gasteiger partial charge >= 0.3 is 0 Å². The van der Waals surface area contributed by atoms with Gasteiger partial charge in [0.2, 0.25) is 0 Å². The van der Waals surface area contributed by atoms with Crippen LogP contribution in [-0.4, -0.2) is 33.0 Å². The molecule has 3 aromatic heterocycles. The molecule has 0 amide bonds. The molecule has 0 radical (unpaired) electrons. The van der Waals surface area contributed by atoms with Gasteiger partial charge < -0.3 is 16.0 Å². The van der Waals surface area contributed by atoms with E-state index in [1.165, 1.54) is 6.33 Å². The highest BCUT2D eigenvalue weighted by atomic mass is 15.2. The van der Waals surface area contributed by atoms with Gasteiger partial charge in [-0.1, -0.05) is 6.07 Å². The fraction of sp³-hybridized carbons (Fsp3) is 0.294. The van der Waals surface area contributed by atoms with Crippen LogP contribution in [0.4, 0.5) is 17.5 Å². The van der Waals surface area contributed by atoms with E-state index >= 15 is 0 Å². The number of rotatable bonds is 6. The number of hydrogen-bond donors (Lipinski definition) is 2. The van der Waals surface area contributed by atoms with Crippen molar-refractivity contribution >= 4 is 28.5 Å². The third-order valence-corrected chi connectivity index (χ3v) is 3.88. The van der Waals surface area contributed by atoms with Gasteiger partial charge in [-0.25, -0.2) is 19.9 Å². The van der Waals surface area contributed by atoms with Gasteiger partial charge in [0.25, 0.3) is 0 Å². The fourth-order valence-electron chi connectivity index (χ4n) is 2.54. The lowest BCUT2D eigenvalue weighted by Gasteiger charge is -2.19. The molecule has 0 saturated carbocycles. The molecule has 3 N–H and O–H groups in total. The van der Waals surface area contributed by atoms with Gasteiger partial charge in [-0.3, -0.25) is 0 Å². The summed E-state index contributed by atoms with van der Waals surface area (Å²) in [6.45, 7) is 6.78. The van der Waals surface area contributed by atoms with Crippen molar-refractivity contribution in [3.8, 4) is 0 Å². The number of anilines is 3. The Morgan fingerprint density at radius 1 is 1.04 bits per heavy atom. The summed E-state index contributed by atoms with van der Waals surface area (Å²) in [6.07, 6.45) is 3.37. The van der Waals surface area contributed by atoms with E-state index in [-0.39, 0.29) is 0 Å². The number of nitrogens with one attached hydrogen (secondary N) is 1. The van der Waals surface area contributed by atoms with Crippen LogP contribution in [0.2, 0.25) is 0 Å². The van der Waals surface area contributed by atoms with E-state index in [2.05, 4.69) is 50.1 Å². The van der Waals surface area contributed by atoms with Gasteiger partial charge in [-0.2, -0.15) is 0 Å². The summed E-state index contributed by atoms with van der Waals surface area (Å²) in [6, 6.07) is 7.75. The Kier molecular flexibility index (Phi) is 4.69. The van der Waals surface area contributed by atoms with Gasteiger partial charge in [0.15, 0.2) is 5.65 Å². The van der Waals surface area contributed by atoms with E-state index in [0.29, 0.717) is 18.0 Å². The summed E-state index contributed by atoms with van der Waals surface area (Å²) in [5, 5.41) is 4.16. The molecule has 0 atom stereocenters. The molecule has 0 aromatic carbocycles. The van der Waals surface area contributed by atoms with E-state index < -0.39 is 0 Å². The van der Waals surface area contributed by atoms with Gasteiger partial charge in [-0.15, -0.1) is 0 Å². The second kappa shape index (κ2) is 7.08. The normalized spacial score (nSPS) is 10.8. The van der Waals surface area contributed by atoms with Crippen LogP contribution in [0.5, 0.6) is 0 Å². The van der Waals surface area contributed by atoms with E-state index in [1.54, 1.807) is 6.07 Å². The molecule has 7 heteroatoms. The maximum absolute atomic E-state index is 5.70. The molecule has 3 rings (SSSR count). The highest BCUT2D eigenvalue weighted by Gasteiger charge is 2.06.